The predicted octanol–water partition coefficient (Wildman–Crippen LogP) is 1.07. The van der Waals surface area contributed by atoms with Crippen molar-refractivity contribution < 1.29 is 29.0 Å². The molecule has 0 aliphatic carbocycles. The molecule has 1 aromatic carbocycles. The van der Waals surface area contributed by atoms with Crippen LogP contribution >= 0.6 is 11.8 Å². The fraction of sp³-hybridized carbons (Fsp3) is 0.500. The van der Waals surface area contributed by atoms with Crippen LogP contribution in [0.15, 0.2) is 30.3 Å². The molecule has 0 fully saturated rings. The molecule has 0 bridgehead atoms. The summed E-state index contributed by atoms with van der Waals surface area (Å²) in [5.74, 6) is -0.764. The average Bonchev–Trinajstić information content (AvgIpc) is 2.67. The Labute approximate surface area is 163 Å². The summed E-state index contributed by atoms with van der Waals surface area (Å²) >= 11 is 1.51. The zero-order chi connectivity index (χ0) is 20.2. The third-order valence-electron chi connectivity index (χ3n) is 3.67. The summed E-state index contributed by atoms with van der Waals surface area (Å²) in [7, 11) is 1.16. The van der Waals surface area contributed by atoms with Crippen LogP contribution in [0.4, 0.5) is 4.79 Å². The maximum atomic E-state index is 12.5. The molecule has 27 heavy (non-hydrogen) atoms. The zero-order valence-electron chi connectivity index (χ0n) is 15.6. The first-order valence-electron chi connectivity index (χ1n) is 8.41. The van der Waals surface area contributed by atoms with Gasteiger partial charge in [0.25, 0.3) is 0 Å². The number of benzene rings is 1. The fourth-order valence-electron chi connectivity index (χ4n) is 2.17. The Hall–Kier alpha value is -2.26. The number of amides is 2. The number of carbonyl (C=O) groups is 3. The van der Waals surface area contributed by atoms with Gasteiger partial charge in [-0.2, -0.15) is 11.8 Å². The number of rotatable bonds is 10. The molecular formula is C18H26N2O6S. The third kappa shape index (κ3) is 8.31. The number of ether oxygens (including phenoxy) is 2. The first-order valence-corrected chi connectivity index (χ1v) is 9.80. The van der Waals surface area contributed by atoms with Crippen LogP contribution in [0.5, 0.6) is 0 Å². The summed E-state index contributed by atoms with van der Waals surface area (Å²) in [5, 5.41) is 14.6. The van der Waals surface area contributed by atoms with Crippen molar-refractivity contribution in [1.29, 1.82) is 0 Å². The number of thioether (sulfide) groups is 1. The summed E-state index contributed by atoms with van der Waals surface area (Å²) in [4.78, 5) is 36.2. The predicted molar refractivity (Wildman–Crippen MR) is 102 cm³/mol. The van der Waals surface area contributed by atoms with Crippen LogP contribution in [0.2, 0.25) is 0 Å². The van der Waals surface area contributed by atoms with Crippen molar-refractivity contribution >= 4 is 29.7 Å². The van der Waals surface area contributed by atoms with Crippen molar-refractivity contribution in [3.05, 3.63) is 35.9 Å². The van der Waals surface area contributed by atoms with E-state index < -0.39 is 36.2 Å². The van der Waals surface area contributed by atoms with E-state index in [2.05, 4.69) is 15.4 Å². The van der Waals surface area contributed by atoms with Crippen molar-refractivity contribution in [2.45, 2.75) is 38.1 Å². The normalized spacial score (nSPS) is 13.8. The largest absolute Gasteiger partial charge is 0.467 e. The summed E-state index contributed by atoms with van der Waals surface area (Å²) in [6.45, 7) is 1.43. The Morgan fingerprint density at radius 2 is 1.85 bits per heavy atom. The second-order valence-electron chi connectivity index (χ2n) is 5.79. The SMILES string of the molecule is COC(=O)[C@@H](NC(=O)[C@H](CCSC)NC(=O)OCc1ccccc1)[C@@H](C)O. The molecule has 8 nitrogen and oxygen atoms in total. The minimum atomic E-state index is -1.22. The number of esters is 1. The van der Waals surface area contributed by atoms with Crippen LogP contribution in [-0.4, -0.2) is 60.4 Å². The van der Waals surface area contributed by atoms with E-state index in [1.54, 1.807) is 0 Å². The van der Waals surface area contributed by atoms with Gasteiger partial charge in [-0.3, -0.25) is 4.79 Å². The second-order valence-corrected chi connectivity index (χ2v) is 6.78. The lowest BCUT2D eigenvalue weighted by Gasteiger charge is -2.23. The molecule has 0 heterocycles. The Bertz CT molecular complexity index is 611. The van der Waals surface area contributed by atoms with Gasteiger partial charge in [0.1, 0.15) is 12.6 Å². The lowest BCUT2D eigenvalue weighted by Crippen LogP contribution is -2.55. The highest BCUT2D eigenvalue weighted by atomic mass is 32.2. The van der Waals surface area contributed by atoms with E-state index in [9.17, 15) is 19.5 Å². The Balaban J connectivity index is 2.68. The maximum absolute atomic E-state index is 12.5. The topological polar surface area (TPSA) is 114 Å². The minimum absolute atomic E-state index is 0.0714. The lowest BCUT2D eigenvalue weighted by atomic mass is 10.1. The van der Waals surface area contributed by atoms with E-state index in [1.165, 1.54) is 18.7 Å². The number of hydrogen-bond acceptors (Lipinski definition) is 7. The van der Waals surface area contributed by atoms with Crippen LogP contribution in [0, 0.1) is 0 Å². The molecule has 0 saturated heterocycles. The fourth-order valence-corrected chi connectivity index (χ4v) is 2.64. The molecule has 3 atom stereocenters. The number of carbonyl (C=O) groups excluding carboxylic acids is 3. The molecule has 1 aromatic rings. The number of alkyl carbamates (subject to hydrolysis) is 1. The van der Waals surface area contributed by atoms with E-state index in [0.717, 1.165) is 12.7 Å². The molecule has 150 valence electrons. The van der Waals surface area contributed by atoms with Crippen LogP contribution in [0.3, 0.4) is 0 Å². The average molecular weight is 398 g/mol. The van der Waals surface area contributed by atoms with Gasteiger partial charge in [-0.25, -0.2) is 9.59 Å². The van der Waals surface area contributed by atoms with Crippen molar-refractivity contribution in [1.82, 2.24) is 10.6 Å². The molecule has 0 spiro atoms. The van der Waals surface area contributed by atoms with Gasteiger partial charge < -0.3 is 25.2 Å². The standard InChI is InChI=1S/C18H26N2O6S/c1-12(21)15(17(23)25-2)20-16(22)14(9-10-27-3)19-18(24)26-11-13-7-5-4-6-8-13/h4-8,12,14-15,21H,9-11H2,1-3H3,(H,19,24)(H,20,22)/t12-,14+,15+/m1/s1. The highest BCUT2D eigenvalue weighted by molar-refractivity contribution is 7.98. The van der Waals surface area contributed by atoms with Crippen molar-refractivity contribution in [2.75, 3.05) is 19.1 Å². The Morgan fingerprint density at radius 1 is 1.19 bits per heavy atom. The van der Waals surface area contributed by atoms with E-state index in [4.69, 9.17) is 4.74 Å². The van der Waals surface area contributed by atoms with E-state index >= 15 is 0 Å². The molecule has 3 N–H and O–H groups in total. The quantitative estimate of drug-likeness (QED) is 0.505. The first kappa shape index (κ1) is 22.8. The summed E-state index contributed by atoms with van der Waals surface area (Å²) in [6, 6.07) is 7.01. The van der Waals surface area contributed by atoms with Crippen molar-refractivity contribution in [3.8, 4) is 0 Å². The van der Waals surface area contributed by atoms with Gasteiger partial charge in [0.2, 0.25) is 5.91 Å². The van der Waals surface area contributed by atoms with Crippen LogP contribution in [-0.2, 0) is 25.7 Å². The van der Waals surface area contributed by atoms with Gasteiger partial charge in [-0.05, 0) is 30.9 Å². The first-order chi connectivity index (χ1) is 12.9. The number of aliphatic hydroxyl groups excluding tert-OH is 1. The molecular weight excluding hydrogens is 372 g/mol. The van der Waals surface area contributed by atoms with Gasteiger partial charge in [0, 0.05) is 0 Å². The summed E-state index contributed by atoms with van der Waals surface area (Å²) < 4.78 is 9.71. The molecule has 0 saturated carbocycles. The van der Waals surface area contributed by atoms with Gasteiger partial charge >= 0.3 is 12.1 Å². The molecule has 0 aliphatic rings. The zero-order valence-corrected chi connectivity index (χ0v) is 16.5. The second kappa shape index (κ2) is 12.2. The highest BCUT2D eigenvalue weighted by Crippen LogP contribution is 2.05. The van der Waals surface area contributed by atoms with E-state index in [0.29, 0.717) is 12.2 Å². The molecule has 2 amide bonds. The minimum Gasteiger partial charge on any atom is -0.467 e. The molecule has 0 radical (unpaired) electrons. The van der Waals surface area contributed by atoms with Crippen LogP contribution < -0.4 is 10.6 Å². The Morgan fingerprint density at radius 3 is 2.41 bits per heavy atom. The lowest BCUT2D eigenvalue weighted by molar-refractivity contribution is -0.148. The van der Waals surface area contributed by atoms with Crippen molar-refractivity contribution in [2.24, 2.45) is 0 Å². The van der Waals surface area contributed by atoms with Crippen molar-refractivity contribution in [3.63, 3.8) is 0 Å². The maximum Gasteiger partial charge on any atom is 0.408 e. The number of nitrogens with one attached hydrogen (secondary N) is 2. The molecule has 0 aromatic heterocycles. The molecule has 0 aliphatic heterocycles. The molecule has 1 rings (SSSR count). The number of aliphatic hydroxyl groups is 1. The van der Waals surface area contributed by atoms with Gasteiger partial charge in [0.05, 0.1) is 13.2 Å². The van der Waals surface area contributed by atoms with Gasteiger partial charge in [-0.15, -0.1) is 0 Å². The molecule has 0 unspecified atom stereocenters. The Kier molecular flexibility index (Phi) is 10.3. The van der Waals surface area contributed by atoms with E-state index in [-0.39, 0.29) is 6.61 Å². The van der Waals surface area contributed by atoms with Gasteiger partial charge in [-0.1, -0.05) is 30.3 Å². The number of hydrogen-bond donors (Lipinski definition) is 3. The summed E-state index contributed by atoms with van der Waals surface area (Å²) in [5.41, 5.74) is 0.817. The highest BCUT2D eigenvalue weighted by Gasteiger charge is 2.30. The summed E-state index contributed by atoms with van der Waals surface area (Å²) in [6.07, 6.45) is 0.316. The third-order valence-corrected chi connectivity index (χ3v) is 4.31. The van der Waals surface area contributed by atoms with Crippen LogP contribution in [0.1, 0.15) is 18.9 Å². The van der Waals surface area contributed by atoms with Gasteiger partial charge in [0.15, 0.2) is 6.04 Å². The van der Waals surface area contributed by atoms with E-state index in [1.807, 2.05) is 36.6 Å². The number of methoxy groups -OCH3 is 1. The molecule has 9 heteroatoms. The van der Waals surface area contributed by atoms with Crippen LogP contribution in [0.25, 0.3) is 0 Å². The smallest absolute Gasteiger partial charge is 0.408 e. The monoisotopic (exact) mass is 398 g/mol.